The summed E-state index contributed by atoms with van der Waals surface area (Å²) in [6.07, 6.45) is 6.03. The molecule has 0 bridgehead atoms. The van der Waals surface area contributed by atoms with E-state index in [0.29, 0.717) is 23.1 Å². The molecular weight excluding hydrogens is 910 g/mol. The van der Waals surface area contributed by atoms with Gasteiger partial charge in [-0.05, 0) is 67.5 Å². The van der Waals surface area contributed by atoms with Crippen LogP contribution in [0.25, 0.3) is 23.1 Å². The first kappa shape index (κ1) is 64.9. The number of hydrogen-bond donors (Lipinski definition) is 0. The van der Waals surface area contributed by atoms with Crippen LogP contribution in [0.15, 0.2) is 49.6 Å². The zero-order chi connectivity index (χ0) is 40.4. The predicted octanol–water partition coefficient (Wildman–Crippen LogP) is -13.8. The Balaban J connectivity index is -0.000000206. The van der Waals surface area contributed by atoms with E-state index in [1.165, 1.54) is 25.3 Å². The van der Waals surface area contributed by atoms with E-state index in [-0.39, 0.29) is 49.9 Å². The van der Waals surface area contributed by atoms with Gasteiger partial charge >= 0.3 is 17.1 Å². The zero-order valence-corrected chi connectivity index (χ0v) is 36.2. The molecule has 341 valence electrons. The Labute approximate surface area is 358 Å². The minimum Gasteiger partial charge on any atom is -0.457 e. The zero-order valence-electron chi connectivity index (χ0n) is 33.5. The van der Waals surface area contributed by atoms with Gasteiger partial charge in [0.05, 0.1) is 11.4 Å². The molecule has 33 heteroatoms. The maximum atomic E-state index is 8.49. The van der Waals surface area contributed by atoms with Crippen molar-refractivity contribution in [1.29, 1.82) is 0 Å². The molecule has 0 aliphatic carbocycles. The first-order valence-electron chi connectivity index (χ1n) is 14.9. The molecule has 8 aromatic heterocycles. The molecular formula is C28H48Cl2MnN16O14+4. The molecule has 1 radical (unpaired) electrons. The van der Waals surface area contributed by atoms with E-state index in [1.807, 2.05) is 79.7 Å². The van der Waals surface area contributed by atoms with Crippen molar-refractivity contribution in [3.05, 3.63) is 95.1 Å². The van der Waals surface area contributed by atoms with Gasteiger partial charge in [0.1, 0.15) is 24.0 Å². The second-order valence-electron chi connectivity index (χ2n) is 10.8. The monoisotopic (exact) mass is 957 g/mol. The summed E-state index contributed by atoms with van der Waals surface area (Å²) in [7, 11) is -9.89. The van der Waals surface area contributed by atoms with E-state index in [2.05, 4.69) is 60.3 Å². The minimum absolute atomic E-state index is 0. The first-order valence-corrected chi connectivity index (χ1v) is 17.4. The SMILES string of the molecule is Cc1cc(C)[n+]2[n-]cnc2n1.Cc1cc(C)[n+]2[n-]cnc2n1.Cc1cc(C)n2ncnc2n1.Cc1cc(C)n2ncnc2n1.O.O.[Mn+2].[O-][Cl+3]([O-])([O-])[O-].[O-][Cl+3]([O-])([O-])[O-].[OH3+].[OH3+].[OH3+].[OH3+]. The number of nitrogens with zero attached hydrogens (tertiary/aromatic N) is 16. The van der Waals surface area contributed by atoms with Gasteiger partial charge in [0.15, 0.2) is 0 Å². The fourth-order valence-corrected chi connectivity index (χ4v) is 4.46. The molecule has 61 heavy (non-hydrogen) atoms. The smallest absolute Gasteiger partial charge is 0.457 e. The molecule has 0 aliphatic heterocycles. The van der Waals surface area contributed by atoms with Crippen molar-refractivity contribution >= 4 is 23.1 Å². The summed E-state index contributed by atoms with van der Waals surface area (Å²) in [5, 5.41) is 16.0. The molecule has 0 unspecified atom stereocenters. The minimum atomic E-state index is -4.94. The van der Waals surface area contributed by atoms with Crippen LogP contribution in [0.2, 0.25) is 0 Å². The third-order valence-electron chi connectivity index (χ3n) is 6.23. The number of halogens is 2. The molecule has 0 aromatic carbocycles. The number of fused-ring (bicyclic) bond motifs is 4. The van der Waals surface area contributed by atoms with Gasteiger partial charge < -0.3 is 53.0 Å². The van der Waals surface area contributed by atoms with Crippen molar-refractivity contribution in [3.63, 3.8) is 0 Å². The van der Waals surface area contributed by atoms with E-state index in [0.717, 1.165) is 45.6 Å². The van der Waals surface area contributed by atoms with Crippen LogP contribution in [0.1, 0.15) is 45.6 Å². The van der Waals surface area contributed by atoms with Gasteiger partial charge in [-0.3, -0.25) is 0 Å². The van der Waals surface area contributed by atoms with Crippen molar-refractivity contribution < 1.29 is 117 Å². The van der Waals surface area contributed by atoms with Crippen LogP contribution in [0.3, 0.4) is 0 Å². The number of aryl methyl sites for hydroxylation is 8. The van der Waals surface area contributed by atoms with Gasteiger partial charge in [-0.1, -0.05) is 12.7 Å². The third-order valence-corrected chi connectivity index (χ3v) is 6.23. The van der Waals surface area contributed by atoms with Gasteiger partial charge in [0.2, 0.25) is 0 Å². The topological polar surface area (TPSA) is 554 Å². The first-order chi connectivity index (χ1) is 25.1. The molecule has 8 aromatic rings. The third kappa shape index (κ3) is 22.2. The van der Waals surface area contributed by atoms with Gasteiger partial charge in [0, 0.05) is 34.9 Å². The van der Waals surface area contributed by atoms with Crippen molar-refractivity contribution in [1.82, 2.24) is 69.3 Å². The van der Waals surface area contributed by atoms with Gasteiger partial charge in [-0.2, -0.15) is 20.2 Å². The summed E-state index contributed by atoms with van der Waals surface area (Å²) in [6.45, 7) is 15.7. The van der Waals surface area contributed by atoms with E-state index in [4.69, 9.17) is 37.3 Å². The van der Waals surface area contributed by atoms with E-state index in [1.54, 1.807) is 18.1 Å². The van der Waals surface area contributed by atoms with Crippen molar-refractivity contribution in [2.24, 2.45) is 0 Å². The predicted molar refractivity (Wildman–Crippen MR) is 183 cm³/mol. The van der Waals surface area contributed by atoms with Crippen molar-refractivity contribution in [3.8, 4) is 0 Å². The summed E-state index contributed by atoms with van der Waals surface area (Å²) < 4.78 is 74.8. The maximum Gasteiger partial charge on any atom is 2.00 e. The summed E-state index contributed by atoms with van der Waals surface area (Å²) in [5.74, 6) is 2.68. The molecule has 0 saturated carbocycles. The maximum absolute atomic E-state index is 8.49. The standard InChI is InChI=1S/4C7H8N4.2ClHO4.Mn.6H2O/c4*1-5-3-6(2)11-7(10-5)8-4-9-11;2*2-1(3,4)5;;;;;;;/h4*3-4H,1-2H3;2*(H,2,3,4,5);;6*1H2/q;;;;;;+2;;;;;;/p+2. The summed E-state index contributed by atoms with van der Waals surface area (Å²) >= 11 is 0. The molecule has 0 saturated heterocycles. The van der Waals surface area contributed by atoms with Crippen LogP contribution in [0, 0.1) is 75.9 Å². The summed E-state index contributed by atoms with van der Waals surface area (Å²) in [4.78, 5) is 32.7. The molecule has 16 N–H and O–H groups in total. The average molecular weight is 959 g/mol. The molecule has 0 fully saturated rings. The van der Waals surface area contributed by atoms with Crippen LogP contribution in [0.5, 0.6) is 0 Å². The number of hydrogen-bond acceptors (Lipinski definition) is 18. The van der Waals surface area contributed by atoms with Crippen LogP contribution in [0.4, 0.5) is 0 Å². The fourth-order valence-electron chi connectivity index (χ4n) is 4.46. The van der Waals surface area contributed by atoms with E-state index in [9.17, 15) is 0 Å². The number of aromatic nitrogens is 16. The van der Waals surface area contributed by atoms with Gasteiger partial charge in [0.25, 0.3) is 23.1 Å². The Morgan fingerprint density at radius 3 is 1.05 bits per heavy atom. The molecule has 0 spiro atoms. The largest absolute Gasteiger partial charge is 2.00 e. The molecule has 0 atom stereocenters. The van der Waals surface area contributed by atoms with E-state index >= 15 is 0 Å². The molecule has 0 amide bonds. The molecule has 30 nitrogen and oxygen atoms in total. The normalized spacial score (nSPS) is 9.70. The number of rotatable bonds is 0. The molecule has 0 aliphatic rings. The molecule has 8 heterocycles. The van der Waals surface area contributed by atoms with Crippen molar-refractivity contribution in [2.75, 3.05) is 0 Å². The quantitative estimate of drug-likeness (QED) is 0.0773. The van der Waals surface area contributed by atoms with E-state index < -0.39 is 20.5 Å². The van der Waals surface area contributed by atoms with Gasteiger partial charge in [-0.25, -0.2) is 65.3 Å². The van der Waals surface area contributed by atoms with Crippen LogP contribution in [-0.2, 0) is 39.0 Å². The van der Waals surface area contributed by atoms with Crippen molar-refractivity contribution in [2.45, 2.75) is 55.4 Å². The van der Waals surface area contributed by atoms with Crippen LogP contribution < -0.4 is 56.5 Å². The second-order valence-corrected chi connectivity index (χ2v) is 12.3. The Bertz CT molecular complexity index is 2110. The summed E-state index contributed by atoms with van der Waals surface area (Å²) in [5.41, 5.74) is 8.14. The summed E-state index contributed by atoms with van der Waals surface area (Å²) in [6, 6.07) is 7.90. The van der Waals surface area contributed by atoms with Crippen LogP contribution in [-0.4, -0.2) is 70.1 Å². The Morgan fingerprint density at radius 2 is 0.754 bits per heavy atom. The van der Waals surface area contributed by atoms with Gasteiger partial charge in [-0.15, -0.1) is 30.5 Å². The fraction of sp³-hybridized carbons (Fsp3) is 0.286. The second kappa shape index (κ2) is 28.3. The Morgan fingerprint density at radius 1 is 0.475 bits per heavy atom. The average Bonchev–Trinajstić information content (AvgIpc) is 3.83. The molecule has 8 rings (SSSR count). The van der Waals surface area contributed by atoms with Crippen LogP contribution >= 0.6 is 0 Å². The Kier molecular flexibility index (Phi) is 30.1. The Hall–Kier alpha value is -5.26.